The Morgan fingerprint density at radius 2 is 2.07 bits per heavy atom. The zero-order valence-corrected chi connectivity index (χ0v) is 15.7. The predicted molar refractivity (Wildman–Crippen MR) is 101 cm³/mol. The van der Waals surface area contributed by atoms with Crippen molar-refractivity contribution in [1.29, 1.82) is 0 Å². The maximum Gasteiger partial charge on any atom is 0.273 e. The van der Waals surface area contributed by atoms with Crippen molar-refractivity contribution in [2.75, 3.05) is 18.9 Å². The summed E-state index contributed by atoms with van der Waals surface area (Å²) in [6.07, 6.45) is 1.90. The van der Waals surface area contributed by atoms with Crippen LogP contribution in [0.3, 0.4) is 0 Å². The SMILES string of the molecule is CC(C)c1cc(C(=O)N(Cc2ccc(F)cc2)C[C@@H]2CCCO2)nc(N)n1. The molecule has 0 bridgehead atoms. The van der Waals surface area contributed by atoms with Gasteiger partial charge < -0.3 is 15.4 Å². The molecule has 0 saturated carbocycles. The van der Waals surface area contributed by atoms with Gasteiger partial charge in [-0.25, -0.2) is 14.4 Å². The second kappa shape index (κ2) is 8.43. The minimum Gasteiger partial charge on any atom is -0.376 e. The average molecular weight is 372 g/mol. The zero-order chi connectivity index (χ0) is 19.4. The lowest BCUT2D eigenvalue weighted by atomic mass is 10.1. The number of rotatable bonds is 6. The summed E-state index contributed by atoms with van der Waals surface area (Å²) in [7, 11) is 0. The number of amides is 1. The molecular formula is C20H25FN4O2. The van der Waals surface area contributed by atoms with E-state index in [0.717, 1.165) is 24.1 Å². The highest BCUT2D eigenvalue weighted by molar-refractivity contribution is 5.92. The molecule has 1 fully saturated rings. The molecule has 1 aliphatic rings. The van der Waals surface area contributed by atoms with Gasteiger partial charge in [-0.3, -0.25) is 4.79 Å². The first-order valence-electron chi connectivity index (χ1n) is 9.22. The second-order valence-electron chi connectivity index (χ2n) is 7.14. The molecule has 2 heterocycles. The van der Waals surface area contributed by atoms with Gasteiger partial charge in [-0.05, 0) is 42.5 Å². The number of ether oxygens (including phenoxy) is 1. The summed E-state index contributed by atoms with van der Waals surface area (Å²) in [4.78, 5) is 23.2. The molecule has 0 spiro atoms. The van der Waals surface area contributed by atoms with E-state index in [4.69, 9.17) is 10.5 Å². The van der Waals surface area contributed by atoms with Crippen molar-refractivity contribution < 1.29 is 13.9 Å². The molecule has 2 N–H and O–H groups in total. The molecule has 1 amide bonds. The Bertz CT molecular complexity index is 789. The van der Waals surface area contributed by atoms with Gasteiger partial charge in [0.2, 0.25) is 5.95 Å². The largest absolute Gasteiger partial charge is 0.376 e. The Labute approximate surface area is 158 Å². The zero-order valence-electron chi connectivity index (χ0n) is 15.7. The summed E-state index contributed by atoms with van der Waals surface area (Å²) < 4.78 is 18.9. The number of nitrogens with zero attached hydrogens (tertiary/aromatic N) is 3. The number of aromatic nitrogens is 2. The Morgan fingerprint density at radius 3 is 2.70 bits per heavy atom. The number of carbonyl (C=O) groups excluding carboxylic acids is 1. The van der Waals surface area contributed by atoms with Crippen molar-refractivity contribution in [3.8, 4) is 0 Å². The van der Waals surface area contributed by atoms with Gasteiger partial charge in [-0.2, -0.15) is 0 Å². The summed E-state index contributed by atoms with van der Waals surface area (Å²) in [5.74, 6) is -0.319. The summed E-state index contributed by atoms with van der Waals surface area (Å²) in [5, 5.41) is 0. The van der Waals surface area contributed by atoms with Crippen molar-refractivity contribution in [3.05, 3.63) is 53.1 Å². The lowest BCUT2D eigenvalue weighted by Crippen LogP contribution is -2.37. The molecule has 1 aromatic carbocycles. The van der Waals surface area contributed by atoms with Gasteiger partial charge in [0.15, 0.2) is 0 Å². The van der Waals surface area contributed by atoms with E-state index in [1.807, 2.05) is 13.8 Å². The Balaban J connectivity index is 1.86. The fourth-order valence-electron chi connectivity index (χ4n) is 3.12. The van der Waals surface area contributed by atoms with Crippen molar-refractivity contribution in [2.24, 2.45) is 0 Å². The predicted octanol–water partition coefficient (Wildman–Crippen LogP) is 3.14. The third-order valence-corrected chi connectivity index (χ3v) is 4.60. The third kappa shape index (κ3) is 5.01. The van der Waals surface area contributed by atoms with Crippen LogP contribution in [-0.2, 0) is 11.3 Å². The normalized spacial score (nSPS) is 16.7. The summed E-state index contributed by atoms with van der Waals surface area (Å²) in [6, 6.07) is 7.84. The molecule has 0 unspecified atom stereocenters. The van der Waals surface area contributed by atoms with Crippen LogP contribution in [0.15, 0.2) is 30.3 Å². The van der Waals surface area contributed by atoms with Gasteiger partial charge >= 0.3 is 0 Å². The Morgan fingerprint density at radius 1 is 1.33 bits per heavy atom. The first-order chi connectivity index (χ1) is 12.9. The quantitative estimate of drug-likeness (QED) is 0.842. The van der Waals surface area contributed by atoms with E-state index in [9.17, 15) is 9.18 Å². The van der Waals surface area contributed by atoms with E-state index in [0.29, 0.717) is 19.7 Å². The standard InChI is InChI=1S/C20H25FN4O2/c1-13(2)17-10-18(24-20(22)23-17)19(26)25(12-16-4-3-9-27-16)11-14-5-7-15(21)8-6-14/h5-8,10,13,16H,3-4,9,11-12H2,1-2H3,(H2,22,23,24)/t16-/m0/s1. The van der Waals surface area contributed by atoms with Crippen LogP contribution in [0.1, 0.15) is 54.4 Å². The molecule has 6 nitrogen and oxygen atoms in total. The number of nitrogen functional groups attached to an aromatic ring is 1. The average Bonchev–Trinajstić information content (AvgIpc) is 3.15. The van der Waals surface area contributed by atoms with Crippen molar-refractivity contribution in [3.63, 3.8) is 0 Å². The number of halogens is 1. The van der Waals surface area contributed by atoms with Crippen LogP contribution in [0.2, 0.25) is 0 Å². The van der Waals surface area contributed by atoms with Crippen molar-refractivity contribution in [2.45, 2.75) is 45.3 Å². The van der Waals surface area contributed by atoms with Crippen LogP contribution in [0, 0.1) is 5.82 Å². The van der Waals surface area contributed by atoms with Crippen molar-refractivity contribution in [1.82, 2.24) is 14.9 Å². The number of benzene rings is 1. The van der Waals surface area contributed by atoms with E-state index in [1.54, 1.807) is 23.1 Å². The number of anilines is 1. The summed E-state index contributed by atoms with van der Waals surface area (Å²) >= 11 is 0. The minimum atomic E-state index is -0.305. The first kappa shape index (κ1) is 19.2. The van der Waals surface area contributed by atoms with Gasteiger partial charge in [0.05, 0.1) is 6.10 Å². The molecule has 1 aromatic heterocycles. The molecule has 144 valence electrons. The van der Waals surface area contributed by atoms with E-state index in [-0.39, 0.29) is 35.4 Å². The Hall–Kier alpha value is -2.54. The summed E-state index contributed by atoms with van der Waals surface area (Å²) in [6.45, 7) is 5.48. The minimum absolute atomic E-state index is 0.00171. The molecule has 3 rings (SSSR count). The molecule has 1 atom stereocenters. The molecule has 1 saturated heterocycles. The number of nitrogens with two attached hydrogens (primary N) is 1. The smallest absolute Gasteiger partial charge is 0.273 e. The molecule has 27 heavy (non-hydrogen) atoms. The molecule has 0 aliphatic carbocycles. The van der Waals surface area contributed by atoms with E-state index in [1.165, 1.54) is 12.1 Å². The summed E-state index contributed by atoms with van der Waals surface area (Å²) in [5.41, 5.74) is 7.65. The molecule has 0 radical (unpaired) electrons. The van der Waals surface area contributed by atoms with E-state index in [2.05, 4.69) is 9.97 Å². The Kier molecular flexibility index (Phi) is 6.01. The van der Waals surface area contributed by atoms with E-state index < -0.39 is 0 Å². The maximum atomic E-state index is 13.2. The highest BCUT2D eigenvalue weighted by atomic mass is 19.1. The van der Waals surface area contributed by atoms with Gasteiger partial charge in [-0.15, -0.1) is 0 Å². The number of hydrogen-bond acceptors (Lipinski definition) is 5. The lowest BCUT2D eigenvalue weighted by molar-refractivity contribution is 0.0502. The highest BCUT2D eigenvalue weighted by Crippen LogP contribution is 2.19. The van der Waals surface area contributed by atoms with Gasteiger partial charge in [-0.1, -0.05) is 26.0 Å². The van der Waals surface area contributed by atoms with Crippen LogP contribution >= 0.6 is 0 Å². The van der Waals surface area contributed by atoms with Gasteiger partial charge in [0.1, 0.15) is 11.5 Å². The lowest BCUT2D eigenvalue weighted by Gasteiger charge is -2.25. The topological polar surface area (TPSA) is 81.3 Å². The molecular weight excluding hydrogens is 347 g/mol. The van der Waals surface area contributed by atoms with Crippen LogP contribution in [0.4, 0.5) is 10.3 Å². The first-order valence-corrected chi connectivity index (χ1v) is 9.22. The second-order valence-corrected chi connectivity index (χ2v) is 7.14. The highest BCUT2D eigenvalue weighted by Gasteiger charge is 2.25. The van der Waals surface area contributed by atoms with Crippen molar-refractivity contribution >= 4 is 11.9 Å². The van der Waals surface area contributed by atoms with Crippen LogP contribution in [0.25, 0.3) is 0 Å². The monoisotopic (exact) mass is 372 g/mol. The van der Waals surface area contributed by atoms with Crippen LogP contribution in [0.5, 0.6) is 0 Å². The molecule has 1 aliphatic heterocycles. The maximum absolute atomic E-state index is 13.2. The van der Waals surface area contributed by atoms with E-state index >= 15 is 0 Å². The fourth-order valence-corrected chi connectivity index (χ4v) is 3.12. The van der Waals surface area contributed by atoms with Crippen LogP contribution < -0.4 is 5.73 Å². The molecule has 7 heteroatoms. The number of carbonyl (C=O) groups is 1. The van der Waals surface area contributed by atoms with Gasteiger partial charge in [0, 0.05) is 25.4 Å². The number of hydrogen-bond donors (Lipinski definition) is 1. The molecule has 2 aromatic rings. The third-order valence-electron chi connectivity index (χ3n) is 4.60. The van der Waals surface area contributed by atoms with Crippen LogP contribution in [-0.4, -0.2) is 40.0 Å². The fraction of sp³-hybridized carbons (Fsp3) is 0.450. The van der Waals surface area contributed by atoms with Gasteiger partial charge in [0.25, 0.3) is 5.91 Å².